The zero-order valence-corrected chi connectivity index (χ0v) is 15.5. The number of anilines is 3. The summed E-state index contributed by atoms with van der Waals surface area (Å²) in [6, 6.07) is 18.9. The number of aromatic nitrogens is 5. The molecule has 0 bridgehead atoms. The van der Waals surface area contributed by atoms with Gasteiger partial charge in [-0.3, -0.25) is 15.2 Å². The molecule has 4 aromatic rings. The monoisotopic (exact) mass is 385 g/mol. The van der Waals surface area contributed by atoms with Crippen LogP contribution in [-0.4, -0.2) is 31.1 Å². The first-order valence-electron chi connectivity index (χ1n) is 9.17. The summed E-state index contributed by atoms with van der Waals surface area (Å²) in [5.41, 5.74) is 2.41. The first kappa shape index (κ1) is 18.3. The van der Waals surface area contributed by atoms with Crippen molar-refractivity contribution in [1.82, 2.24) is 25.1 Å². The van der Waals surface area contributed by atoms with E-state index in [1.54, 1.807) is 36.7 Å². The molecule has 0 atom stereocenters. The number of aryl methyl sites for hydroxylation is 2. The molecule has 8 heteroatoms. The van der Waals surface area contributed by atoms with Crippen LogP contribution in [0.25, 0.3) is 0 Å². The standard InChI is InChI=1S/C21H19N7O/c29-19(16-8-4-9-17(14-16)24-20-22-12-5-13-23-20)26-21-25-18(27-28-21)11-10-15-6-2-1-3-7-15/h1-9,12-14H,10-11H2,(H,22,23,24)(H2,25,26,27,28,29). The topological polar surface area (TPSA) is 108 Å². The Balaban J connectivity index is 1.37. The molecule has 2 aromatic carbocycles. The number of H-pyrrole nitrogens is 1. The van der Waals surface area contributed by atoms with E-state index in [0.717, 1.165) is 12.2 Å². The Bertz CT molecular complexity index is 1080. The number of carbonyl (C=O) groups excluding carboxylic acids is 1. The predicted molar refractivity (Wildman–Crippen MR) is 110 cm³/mol. The molecular weight excluding hydrogens is 366 g/mol. The van der Waals surface area contributed by atoms with Gasteiger partial charge in [0.25, 0.3) is 5.91 Å². The Labute approximate surface area is 167 Å². The molecule has 0 aliphatic rings. The van der Waals surface area contributed by atoms with Gasteiger partial charge in [0.05, 0.1) is 0 Å². The summed E-state index contributed by atoms with van der Waals surface area (Å²) in [6.45, 7) is 0. The Hall–Kier alpha value is -4.07. The number of carbonyl (C=O) groups is 1. The summed E-state index contributed by atoms with van der Waals surface area (Å²) < 4.78 is 0. The van der Waals surface area contributed by atoms with Gasteiger partial charge in [-0.05, 0) is 36.2 Å². The van der Waals surface area contributed by atoms with Crippen molar-refractivity contribution in [3.8, 4) is 0 Å². The molecule has 1 amide bonds. The number of hydrogen-bond acceptors (Lipinski definition) is 6. The van der Waals surface area contributed by atoms with Crippen molar-refractivity contribution in [3.63, 3.8) is 0 Å². The Morgan fingerprint density at radius 1 is 0.897 bits per heavy atom. The number of aromatic amines is 1. The van der Waals surface area contributed by atoms with Crippen LogP contribution in [0.1, 0.15) is 21.7 Å². The Kier molecular flexibility index (Phi) is 5.52. The van der Waals surface area contributed by atoms with Gasteiger partial charge in [-0.1, -0.05) is 36.4 Å². The van der Waals surface area contributed by atoms with Gasteiger partial charge in [-0.25, -0.2) is 9.97 Å². The van der Waals surface area contributed by atoms with E-state index in [1.807, 2.05) is 24.3 Å². The van der Waals surface area contributed by atoms with Crippen LogP contribution >= 0.6 is 0 Å². The number of amides is 1. The molecule has 0 saturated heterocycles. The highest BCUT2D eigenvalue weighted by atomic mass is 16.1. The number of nitrogens with zero attached hydrogens (tertiary/aromatic N) is 4. The Morgan fingerprint density at radius 3 is 2.55 bits per heavy atom. The molecule has 2 aromatic heterocycles. The highest BCUT2D eigenvalue weighted by Crippen LogP contribution is 2.15. The van der Waals surface area contributed by atoms with E-state index in [0.29, 0.717) is 23.6 Å². The van der Waals surface area contributed by atoms with Crippen LogP contribution in [0.15, 0.2) is 73.1 Å². The second-order valence-electron chi connectivity index (χ2n) is 6.32. The quantitative estimate of drug-likeness (QED) is 0.450. The molecule has 0 aliphatic heterocycles. The molecule has 8 nitrogen and oxygen atoms in total. The number of rotatable bonds is 7. The maximum atomic E-state index is 12.5. The highest BCUT2D eigenvalue weighted by Gasteiger charge is 2.11. The van der Waals surface area contributed by atoms with Gasteiger partial charge in [0.2, 0.25) is 11.9 Å². The van der Waals surface area contributed by atoms with Crippen LogP contribution in [0.4, 0.5) is 17.6 Å². The molecule has 29 heavy (non-hydrogen) atoms. The van der Waals surface area contributed by atoms with Gasteiger partial charge in [0, 0.05) is 30.1 Å². The summed E-state index contributed by atoms with van der Waals surface area (Å²) in [5.74, 6) is 1.14. The van der Waals surface area contributed by atoms with Crippen molar-refractivity contribution in [2.75, 3.05) is 10.6 Å². The molecular formula is C21H19N7O. The highest BCUT2D eigenvalue weighted by molar-refractivity contribution is 6.03. The van der Waals surface area contributed by atoms with E-state index in [1.165, 1.54) is 5.56 Å². The minimum absolute atomic E-state index is 0.253. The van der Waals surface area contributed by atoms with Gasteiger partial charge in [0.1, 0.15) is 5.82 Å². The van der Waals surface area contributed by atoms with E-state index >= 15 is 0 Å². The van der Waals surface area contributed by atoms with Crippen molar-refractivity contribution in [1.29, 1.82) is 0 Å². The zero-order chi connectivity index (χ0) is 19.9. The fourth-order valence-corrected chi connectivity index (χ4v) is 2.78. The largest absolute Gasteiger partial charge is 0.324 e. The van der Waals surface area contributed by atoms with Crippen molar-refractivity contribution >= 4 is 23.5 Å². The first-order valence-corrected chi connectivity index (χ1v) is 9.17. The third-order valence-electron chi connectivity index (χ3n) is 4.20. The third-order valence-corrected chi connectivity index (χ3v) is 4.20. The van der Waals surface area contributed by atoms with E-state index in [9.17, 15) is 4.79 Å². The van der Waals surface area contributed by atoms with Crippen molar-refractivity contribution in [2.24, 2.45) is 0 Å². The molecule has 0 unspecified atom stereocenters. The van der Waals surface area contributed by atoms with Gasteiger partial charge in [-0.15, -0.1) is 5.10 Å². The molecule has 0 aliphatic carbocycles. The van der Waals surface area contributed by atoms with Crippen molar-refractivity contribution in [3.05, 3.63) is 90.0 Å². The van der Waals surface area contributed by atoms with Gasteiger partial charge in [-0.2, -0.15) is 4.98 Å². The van der Waals surface area contributed by atoms with Crippen LogP contribution in [0.3, 0.4) is 0 Å². The maximum absolute atomic E-state index is 12.5. The summed E-state index contributed by atoms with van der Waals surface area (Å²) in [5, 5.41) is 12.7. The summed E-state index contributed by atoms with van der Waals surface area (Å²) in [4.78, 5) is 25.1. The fourth-order valence-electron chi connectivity index (χ4n) is 2.78. The van der Waals surface area contributed by atoms with E-state index in [-0.39, 0.29) is 11.9 Å². The van der Waals surface area contributed by atoms with Gasteiger partial charge >= 0.3 is 0 Å². The van der Waals surface area contributed by atoms with Crippen LogP contribution in [0.5, 0.6) is 0 Å². The lowest BCUT2D eigenvalue weighted by Crippen LogP contribution is -2.13. The second-order valence-corrected chi connectivity index (χ2v) is 6.32. The predicted octanol–water partition coefficient (Wildman–Crippen LogP) is 3.38. The molecule has 144 valence electrons. The lowest BCUT2D eigenvalue weighted by Gasteiger charge is -2.06. The van der Waals surface area contributed by atoms with Crippen molar-refractivity contribution < 1.29 is 4.79 Å². The fraction of sp³-hybridized carbons (Fsp3) is 0.0952. The number of nitrogens with one attached hydrogen (secondary N) is 3. The second kappa shape index (κ2) is 8.75. The third kappa shape index (κ3) is 5.01. The van der Waals surface area contributed by atoms with Gasteiger partial charge < -0.3 is 5.32 Å². The minimum atomic E-state index is -0.295. The normalized spacial score (nSPS) is 10.5. The van der Waals surface area contributed by atoms with Gasteiger partial charge in [0.15, 0.2) is 0 Å². The minimum Gasteiger partial charge on any atom is -0.324 e. The molecule has 0 saturated carbocycles. The average molecular weight is 385 g/mol. The van der Waals surface area contributed by atoms with Crippen LogP contribution in [0, 0.1) is 0 Å². The molecule has 0 fully saturated rings. The molecule has 2 heterocycles. The lowest BCUT2D eigenvalue weighted by molar-refractivity contribution is 0.102. The zero-order valence-electron chi connectivity index (χ0n) is 15.5. The van der Waals surface area contributed by atoms with Crippen LogP contribution in [0.2, 0.25) is 0 Å². The molecule has 0 radical (unpaired) electrons. The molecule has 0 spiro atoms. The van der Waals surface area contributed by atoms with E-state index < -0.39 is 0 Å². The van der Waals surface area contributed by atoms with E-state index in [2.05, 4.69) is 47.9 Å². The first-order chi connectivity index (χ1) is 14.3. The van der Waals surface area contributed by atoms with Crippen LogP contribution in [-0.2, 0) is 12.8 Å². The number of hydrogen-bond donors (Lipinski definition) is 3. The average Bonchev–Trinajstić information content (AvgIpc) is 3.21. The Morgan fingerprint density at radius 2 is 1.72 bits per heavy atom. The maximum Gasteiger partial charge on any atom is 0.258 e. The smallest absolute Gasteiger partial charge is 0.258 e. The molecule has 3 N–H and O–H groups in total. The SMILES string of the molecule is O=C(Nc1n[nH]c(CCc2ccccc2)n1)c1cccc(Nc2ncccn2)c1. The van der Waals surface area contributed by atoms with Crippen molar-refractivity contribution in [2.45, 2.75) is 12.8 Å². The summed E-state index contributed by atoms with van der Waals surface area (Å²) in [6.07, 6.45) is 4.84. The summed E-state index contributed by atoms with van der Waals surface area (Å²) in [7, 11) is 0. The summed E-state index contributed by atoms with van der Waals surface area (Å²) >= 11 is 0. The molecule has 4 rings (SSSR count). The number of benzene rings is 2. The van der Waals surface area contributed by atoms with E-state index in [4.69, 9.17) is 0 Å². The van der Waals surface area contributed by atoms with Crippen LogP contribution < -0.4 is 10.6 Å². The lowest BCUT2D eigenvalue weighted by atomic mass is 10.1.